The van der Waals surface area contributed by atoms with Gasteiger partial charge in [-0.25, -0.2) is 0 Å². The molecule has 3 N–H and O–H groups in total. The van der Waals surface area contributed by atoms with Crippen LogP contribution in [0.2, 0.25) is 0 Å². The summed E-state index contributed by atoms with van der Waals surface area (Å²) in [6, 6.07) is 0. The van der Waals surface area contributed by atoms with Crippen molar-refractivity contribution in [2.75, 3.05) is 13.1 Å². The van der Waals surface area contributed by atoms with Gasteiger partial charge in [-0.1, -0.05) is 26.7 Å². The van der Waals surface area contributed by atoms with E-state index in [0.29, 0.717) is 11.0 Å². The minimum atomic E-state index is -0.302. The highest BCUT2D eigenvalue weighted by Crippen LogP contribution is 2.37. The second kappa shape index (κ2) is 9.12. The van der Waals surface area contributed by atoms with Crippen LogP contribution in [-0.4, -0.2) is 40.8 Å². The number of amides is 3. The normalized spacial score (nSPS) is 22.8. The van der Waals surface area contributed by atoms with Crippen LogP contribution in [0.5, 0.6) is 0 Å². The molecular weight excluding hydrogens is 340 g/mol. The number of nitrogens with zero attached hydrogens (tertiary/aromatic N) is 1. The molecule has 8 heteroatoms. The van der Waals surface area contributed by atoms with Crippen molar-refractivity contribution in [2.45, 2.75) is 52.4 Å². The predicted octanol–water partition coefficient (Wildman–Crippen LogP) is 1.09. The van der Waals surface area contributed by atoms with Crippen molar-refractivity contribution in [3.8, 4) is 0 Å². The fourth-order valence-electron chi connectivity index (χ4n) is 3.37. The smallest absolute Gasteiger partial charge is 0.240 e. The van der Waals surface area contributed by atoms with Gasteiger partial charge in [0.05, 0.1) is 11.8 Å². The van der Waals surface area contributed by atoms with E-state index in [1.54, 1.807) is 0 Å². The first-order valence-electron chi connectivity index (χ1n) is 9.08. The van der Waals surface area contributed by atoms with Gasteiger partial charge < -0.3 is 5.32 Å². The lowest BCUT2D eigenvalue weighted by atomic mass is 9.81. The van der Waals surface area contributed by atoms with Crippen molar-refractivity contribution >= 4 is 35.1 Å². The van der Waals surface area contributed by atoms with Crippen LogP contribution >= 0.6 is 12.2 Å². The highest BCUT2D eigenvalue weighted by Gasteiger charge is 2.47. The summed E-state index contributed by atoms with van der Waals surface area (Å²) in [4.78, 5) is 37.8. The van der Waals surface area contributed by atoms with Crippen molar-refractivity contribution in [3.63, 3.8) is 0 Å². The summed E-state index contributed by atoms with van der Waals surface area (Å²) < 4.78 is 0. The molecule has 140 valence electrons. The van der Waals surface area contributed by atoms with Gasteiger partial charge in [0.2, 0.25) is 17.7 Å². The molecule has 3 amide bonds. The minimum Gasteiger partial charge on any atom is -0.361 e. The zero-order valence-electron chi connectivity index (χ0n) is 15.0. The van der Waals surface area contributed by atoms with E-state index in [9.17, 15) is 14.4 Å². The summed E-state index contributed by atoms with van der Waals surface area (Å²) in [6.45, 7) is 5.11. The molecule has 0 aromatic rings. The van der Waals surface area contributed by atoms with Gasteiger partial charge in [-0.2, -0.15) is 0 Å². The first-order valence-corrected chi connectivity index (χ1v) is 9.49. The molecule has 0 aromatic heterocycles. The number of likely N-dealkylation sites (tertiary alicyclic amines) is 1. The average molecular weight is 369 g/mol. The Balaban J connectivity index is 1.68. The molecule has 2 aliphatic rings. The molecule has 0 spiro atoms. The lowest BCUT2D eigenvalue weighted by Gasteiger charge is -2.19. The number of nitrogens with one attached hydrogen (secondary N) is 3. The van der Waals surface area contributed by atoms with E-state index in [0.717, 1.165) is 38.6 Å². The number of carbonyl (C=O) groups excluding carboxylic acids is 3. The van der Waals surface area contributed by atoms with Gasteiger partial charge >= 0.3 is 0 Å². The van der Waals surface area contributed by atoms with Crippen LogP contribution in [0.25, 0.3) is 0 Å². The van der Waals surface area contributed by atoms with E-state index < -0.39 is 0 Å². The number of imide groups is 1. The third kappa shape index (κ3) is 5.39. The maximum atomic E-state index is 12.3. The van der Waals surface area contributed by atoms with Crippen LogP contribution < -0.4 is 16.2 Å². The Hall–Kier alpha value is -1.70. The average Bonchev–Trinajstić information content (AvgIpc) is 2.82. The zero-order chi connectivity index (χ0) is 18.4. The predicted molar refractivity (Wildman–Crippen MR) is 98.1 cm³/mol. The molecule has 2 atom stereocenters. The summed E-state index contributed by atoms with van der Waals surface area (Å²) in [5.41, 5.74) is 5.13. The molecular formula is C17H28N4O3S. The first-order chi connectivity index (χ1) is 11.9. The maximum Gasteiger partial charge on any atom is 0.240 e. The monoisotopic (exact) mass is 368 g/mol. The highest BCUT2D eigenvalue weighted by atomic mass is 32.1. The van der Waals surface area contributed by atoms with E-state index in [-0.39, 0.29) is 42.5 Å². The standard InChI is InChI=1S/C17H28N4O3S/c1-11(2)7-9-18-17(25)20-19-14(22)8-10-21-15(23)12-5-3-4-6-13(12)16(21)24/h11-13H,3-10H2,1-2H3,(H,19,22)(H2,18,20,25)/t12-,13-/m0/s1. The van der Waals surface area contributed by atoms with Gasteiger partial charge in [0.1, 0.15) is 0 Å². The van der Waals surface area contributed by atoms with E-state index in [1.807, 2.05) is 0 Å². The Morgan fingerprint density at radius 3 is 2.32 bits per heavy atom. The lowest BCUT2D eigenvalue weighted by molar-refractivity contribution is -0.140. The van der Waals surface area contributed by atoms with Crippen LogP contribution in [0.1, 0.15) is 52.4 Å². The third-order valence-electron chi connectivity index (χ3n) is 4.82. The van der Waals surface area contributed by atoms with Gasteiger partial charge in [-0.3, -0.25) is 30.1 Å². The molecule has 2 fully saturated rings. The number of thiocarbonyl (C=S) groups is 1. The number of hydrogen-bond donors (Lipinski definition) is 3. The molecule has 1 heterocycles. The Labute approximate surface area is 154 Å². The Morgan fingerprint density at radius 2 is 1.76 bits per heavy atom. The molecule has 25 heavy (non-hydrogen) atoms. The lowest BCUT2D eigenvalue weighted by Crippen LogP contribution is -2.47. The highest BCUT2D eigenvalue weighted by molar-refractivity contribution is 7.80. The number of hydrogen-bond acceptors (Lipinski definition) is 4. The van der Waals surface area contributed by atoms with Crippen LogP contribution in [0.3, 0.4) is 0 Å². The van der Waals surface area contributed by atoms with Crippen LogP contribution in [-0.2, 0) is 14.4 Å². The van der Waals surface area contributed by atoms with Crippen LogP contribution in [0.15, 0.2) is 0 Å². The largest absolute Gasteiger partial charge is 0.361 e. The van der Waals surface area contributed by atoms with Crippen molar-refractivity contribution in [1.82, 2.24) is 21.1 Å². The summed E-state index contributed by atoms with van der Waals surface area (Å²) in [5.74, 6) is -0.282. The Kier molecular flexibility index (Phi) is 7.16. The van der Waals surface area contributed by atoms with Crippen molar-refractivity contribution in [3.05, 3.63) is 0 Å². The molecule has 1 saturated heterocycles. The number of fused-ring (bicyclic) bond motifs is 1. The molecule has 0 radical (unpaired) electrons. The van der Waals surface area contributed by atoms with E-state index >= 15 is 0 Å². The maximum absolute atomic E-state index is 12.3. The zero-order valence-corrected chi connectivity index (χ0v) is 15.8. The molecule has 7 nitrogen and oxygen atoms in total. The third-order valence-corrected chi connectivity index (χ3v) is 5.06. The van der Waals surface area contributed by atoms with Gasteiger partial charge in [-0.15, -0.1) is 0 Å². The van der Waals surface area contributed by atoms with Crippen molar-refractivity contribution < 1.29 is 14.4 Å². The second-order valence-electron chi connectivity index (χ2n) is 7.19. The topological polar surface area (TPSA) is 90.5 Å². The molecule has 0 aromatic carbocycles. The van der Waals surface area contributed by atoms with Crippen LogP contribution in [0.4, 0.5) is 0 Å². The molecule has 1 aliphatic heterocycles. The molecule has 0 unspecified atom stereocenters. The molecule has 1 aliphatic carbocycles. The van der Waals surface area contributed by atoms with Crippen molar-refractivity contribution in [1.29, 1.82) is 0 Å². The fraction of sp³-hybridized carbons (Fsp3) is 0.765. The first kappa shape index (κ1) is 19.6. The van der Waals surface area contributed by atoms with Crippen LogP contribution in [0, 0.1) is 17.8 Å². The summed E-state index contributed by atoms with van der Waals surface area (Å²) in [7, 11) is 0. The SMILES string of the molecule is CC(C)CCNC(=S)NNC(=O)CCN1C(=O)[C@H]2CCCC[C@@H]2C1=O. The Morgan fingerprint density at radius 1 is 1.16 bits per heavy atom. The molecule has 1 saturated carbocycles. The van der Waals surface area contributed by atoms with E-state index in [4.69, 9.17) is 12.2 Å². The molecule has 2 rings (SSSR count). The Bertz CT molecular complexity index is 514. The van der Waals surface area contributed by atoms with Crippen molar-refractivity contribution in [2.24, 2.45) is 17.8 Å². The van der Waals surface area contributed by atoms with Gasteiger partial charge in [0, 0.05) is 19.5 Å². The number of hydrazine groups is 1. The van der Waals surface area contributed by atoms with E-state index in [1.165, 1.54) is 4.90 Å². The van der Waals surface area contributed by atoms with Gasteiger partial charge in [0.25, 0.3) is 0 Å². The van der Waals surface area contributed by atoms with Gasteiger partial charge in [-0.05, 0) is 37.4 Å². The molecule has 0 bridgehead atoms. The second-order valence-corrected chi connectivity index (χ2v) is 7.60. The van der Waals surface area contributed by atoms with Gasteiger partial charge in [0.15, 0.2) is 5.11 Å². The number of carbonyl (C=O) groups is 3. The van der Waals surface area contributed by atoms with E-state index in [2.05, 4.69) is 30.0 Å². The minimum absolute atomic E-state index is 0.0680. The summed E-state index contributed by atoms with van der Waals surface area (Å²) in [6.07, 6.45) is 4.63. The number of rotatable bonds is 6. The quantitative estimate of drug-likeness (QED) is 0.369. The summed E-state index contributed by atoms with van der Waals surface area (Å²) >= 11 is 5.07. The summed E-state index contributed by atoms with van der Waals surface area (Å²) in [5, 5.41) is 3.36. The fourth-order valence-corrected chi connectivity index (χ4v) is 3.53.